The smallest absolute Gasteiger partial charge is 0.322 e. The van der Waals surface area contributed by atoms with E-state index in [-0.39, 0.29) is 11.9 Å². The van der Waals surface area contributed by atoms with Crippen molar-refractivity contribution in [3.8, 4) is 11.5 Å². The topological polar surface area (TPSA) is 68.0 Å². The third-order valence-electron chi connectivity index (χ3n) is 2.62. The van der Waals surface area contributed by atoms with Crippen molar-refractivity contribution in [3.63, 3.8) is 0 Å². The Hall–Kier alpha value is -2.73. The molecule has 0 atom stereocenters. The Morgan fingerprint density at radius 3 is 2.76 bits per heavy atom. The van der Waals surface area contributed by atoms with Gasteiger partial charge in [0.25, 0.3) is 5.91 Å². The van der Waals surface area contributed by atoms with Crippen LogP contribution < -0.4 is 5.32 Å². The summed E-state index contributed by atoms with van der Waals surface area (Å²) in [5, 5.41) is 12.2. The monoisotopic (exact) mass is 297 g/mol. The van der Waals surface area contributed by atoms with Gasteiger partial charge >= 0.3 is 6.01 Å². The second kappa shape index (κ2) is 6.15. The van der Waals surface area contributed by atoms with E-state index in [0.717, 1.165) is 10.4 Å². The predicted molar refractivity (Wildman–Crippen MR) is 81.7 cm³/mol. The van der Waals surface area contributed by atoms with Gasteiger partial charge in [0, 0.05) is 16.5 Å². The molecule has 0 radical (unpaired) electrons. The van der Waals surface area contributed by atoms with Crippen molar-refractivity contribution in [2.24, 2.45) is 0 Å². The zero-order chi connectivity index (χ0) is 14.5. The normalized spacial score (nSPS) is 10.9. The van der Waals surface area contributed by atoms with Crippen LogP contribution in [0.4, 0.5) is 6.01 Å². The molecule has 2 heterocycles. The van der Waals surface area contributed by atoms with E-state index < -0.39 is 0 Å². The van der Waals surface area contributed by atoms with E-state index >= 15 is 0 Å². The van der Waals surface area contributed by atoms with Gasteiger partial charge in [0.05, 0.1) is 0 Å². The highest BCUT2D eigenvalue weighted by molar-refractivity contribution is 7.10. The van der Waals surface area contributed by atoms with E-state index in [1.807, 2.05) is 47.8 Å². The molecule has 6 heteroatoms. The van der Waals surface area contributed by atoms with Crippen LogP contribution in [0.2, 0.25) is 0 Å². The second-order valence-corrected chi connectivity index (χ2v) is 5.10. The van der Waals surface area contributed by atoms with Gasteiger partial charge in [-0.15, -0.1) is 16.4 Å². The van der Waals surface area contributed by atoms with Crippen LogP contribution in [-0.2, 0) is 4.79 Å². The molecule has 21 heavy (non-hydrogen) atoms. The van der Waals surface area contributed by atoms with E-state index in [1.54, 1.807) is 17.4 Å². The Morgan fingerprint density at radius 1 is 1.14 bits per heavy atom. The Kier molecular flexibility index (Phi) is 3.88. The van der Waals surface area contributed by atoms with Crippen molar-refractivity contribution in [3.05, 3.63) is 58.8 Å². The average Bonchev–Trinajstić information content (AvgIpc) is 3.17. The summed E-state index contributed by atoms with van der Waals surface area (Å²) in [4.78, 5) is 12.7. The van der Waals surface area contributed by atoms with Gasteiger partial charge in [-0.2, -0.15) is 0 Å². The van der Waals surface area contributed by atoms with E-state index in [1.165, 1.54) is 6.08 Å². The molecule has 0 saturated heterocycles. The summed E-state index contributed by atoms with van der Waals surface area (Å²) >= 11 is 1.55. The number of anilines is 1. The molecule has 0 saturated carbocycles. The largest absolute Gasteiger partial charge is 0.403 e. The third kappa shape index (κ3) is 3.43. The molecule has 0 bridgehead atoms. The Labute approximate surface area is 125 Å². The number of nitrogens with one attached hydrogen (secondary N) is 1. The lowest BCUT2D eigenvalue weighted by Gasteiger charge is -1.94. The summed E-state index contributed by atoms with van der Waals surface area (Å²) in [6.45, 7) is 0. The fraction of sp³-hybridized carbons (Fsp3) is 0. The number of rotatable bonds is 4. The molecule has 1 amide bonds. The molecular formula is C15H11N3O2S. The van der Waals surface area contributed by atoms with Crippen LogP contribution in [-0.4, -0.2) is 16.1 Å². The lowest BCUT2D eigenvalue weighted by Crippen LogP contribution is -2.07. The van der Waals surface area contributed by atoms with Gasteiger partial charge < -0.3 is 4.42 Å². The molecule has 1 aromatic carbocycles. The highest BCUT2D eigenvalue weighted by atomic mass is 32.1. The molecule has 0 aliphatic heterocycles. The lowest BCUT2D eigenvalue weighted by molar-refractivity contribution is -0.112. The maximum Gasteiger partial charge on any atom is 0.322 e. The SMILES string of the molecule is O=C(C=Cc1cccs1)Nc1nnc(-c2ccccc2)o1. The first kappa shape index (κ1) is 13.3. The predicted octanol–water partition coefficient (Wildman–Crippen LogP) is 3.45. The van der Waals surface area contributed by atoms with Crippen LogP contribution >= 0.6 is 11.3 Å². The molecule has 0 spiro atoms. The highest BCUT2D eigenvalue weighted by Gasteiger charge is 2.09. The van der Waals surface area contributed by atoms with E-state index in [2.05, 4.69) is 15.5 Å². The van der Waals surface area contributed by atoms with Crippen molar-refractivity contribution in [2.75, 3.05) is 5.32 Å². The minimum Gasteiger partial charge on any atom is -0.403 e. The summed E-state index contributed by atoms with van der Waals surface area (Å²) in [6, 6.07) is 13.3. The molecule has 0 unspecified atom stereocenters. The van der Waals surface area contributed by atoms with Crippen molar-refractivity contribution in [2.45, 2.75) is 0 Å². The number of amides is 1. The molecule has 104 valence electrons. The summed E-state index contributed by atoms with van der Waals surface area (Å²) in [5.74, 6) is 0.0554. The number of benzene rings is 1. The third-order valence-corrected chi connectivity index (χ3v) is 3.46. The van der Waals surface area contributed by atoms with Crippen LogP contribution in [0.3, 0.4) is 0 Å². The molecule has 0 aliphatic carbocycles. The van der Waals surface area contributed by atoms with Crippen molar-refractivity contribution < 1.29 is 9.21 Å². The van der Waals surface area contributed by atoms with Crippen LogP contribution in [0.25, 0.3) is 17.5 Å². The number of thiophene rings is 1. The standard InChI is InChI=1S/C15H11N3O2S/c19-13(9-8-12-7-4-10-21-12)16-15-18-17-14(20-15)11-5-2-1-3-6-11/h1-10H,(H,16,18,19). The van der Waals surface area contributed by atoms with Crippen LogP contribution in [0.1, 0.15) is 4.88 Å². The Bertz CT molecular complexity index is 748. The van der Waals surface area contributed by atoms with E-state index in [4.69, 9.17) is 4.42 Å². The number of aromatic nitrogens is 2. The van der Waals surface area contributed by atoms with E-state index in [0.29, 0.717) is 5.89 Å². The minimum atomic E-state index is -0.313. The van der Waals surface area contributed by atoms with Gasteiger partial charge in [-0.05, 0) is 29.7 Å². The molecule has 5 nitrogen and oxygen atoms in total. The van der Waals surface area contributed by atoms with Gasteiger partial charge in [0.1, 0.15) is 0 Å². The fourth-order valence-corrected chi connectivity index (χ4v) is 2.28. The van der Waals surface area contributed by atoms with Crippen molar-refractivity contribution >= 4 is 29.3 Å². The number of hydrogen-bond donors (Lipinski definition) is 1. The first-order chi connectivity index (χ1) is 10.3. The maximum atomic E-state index is 11.7. The molecule has 2 aromatic heterocycles. The molecule has 0 aliphatic rings. The lowest BCUT2D eigenvalue weighted by atomic mass is 10.2. The quantitative estimate of drug-likeness (QED) is 0.749. The zero-order valence-electron chi connectivity index (χ0n) is 10.9. The van der Waals surface area contributed by atoms with Crippen molar-refractivity contribution in [1.29, 1.82) is 0 Å². The zero-order valence-corrected chi connectivity index (χ0v) is 11.7. The van der Waals surface area contributed by atoms with Crippen LogP contribution in [0.5, 0.6) is 0 Å². The number of nitrogens with zero attached hydrogens (tertiary/aromatic N) is 2. The summed E-state index contributed by atoms with van der Waals surface area (Å²) in [6.07, 6.45) is 3.16. The molecule has 3 rings (SSSR count). The maximum absolute atomic E-state index is 11.7. The van der Waals surface area contributed by atoms with Crippen LogP contribution in [0.15, 0.2) is 58.3 Å². The van der Waals surface area contributed by atoms with E-state index in [9.17, 15) is 4.79 Å². The average molecular weight is 297 g/mol. The van der Waals surface area contributed by atoms with Crippen LogP contribution in [0, 0.1) is 0 Å². The Morgan fingerprint density at radius 2 is 2.00 bits per heavy atom. The first-order valence-electron chi connectivity index (χ1n) is 6.23. The minimum absolute atomic E-state index is 0.0784. The first-order valence-corrected chi connectivity index (χ1v) is 7.11. The number of hydrogen-bond acceptors (Lipinski definition) is 5. The molecular weight excluding hydrogens is 286 g/mol. The van der Waals surface area contributed by atoms with Gasteiger partial charge in [-0.25, -0.2) is 0 Å². The summed E-state index contributed by atoms with van der Waals surface area (Å²) < 4.78 is 5.39. The number of carbonyl (C=O) groups is 1. The number of carbonyl (C=O) groups excluding carboxylic acids is 1. The second-order valence-electron chi connectivity index (χ2n) is 4.12. The van der Waals surface area contributed by atoms with Gasteiger partial charge in [0.2, 0.25) is 5.89 Å². The van der Waals surface area contributed by atoms with Gasteiger partial charge in [-0.1, -0.05) is 29.4 Å². The molecule has 1 N–H and O–H groups in total. The Balaban J connectivity index is 1.66. The van der Waals surface area contributed by atoms with Crippen molar-refractivity contribution in [1.82, 2.24) is 10.2 Å². The summed E-state index contributed by atoms with van der Waals surface area (Å²) in [5.41, 5.74) is 0.805. The fourth-order valence-electron chi connectivity index (χ4n) is 1.66. The van der Waals surface area contributed by atoms with Gasteiger partial charge in [0.15, 0.2) is 0 Å². The molecule has 0 fully saturated rings. The summed E-state index contributed by atoms with van der Waals surface area (Å²) in [7, 11) is 0. The highest BCUT2D eigenvalue weighted by Crippen LogP contribution is 2.19. The van der Waals surface area contributed by atoms with Gasteiger partial charge in [-0.3, -0.25) is 10.1 Å². The molecule has 3 aromatic rings.